The van der Waals surface area contributed by atoms with E-state index < -0.39 is 0 Å². The molecule has 1 aromatic heterocycles. The molecule has 3 heteroatoms. The lowest BCUT2D eigenvalue weighted by molar-refractivity contribution is 0.531. The maximum absolute atomic E-state index is 4.71. The molecule has 0 bridgehead atoms. The first-order chi connectivity index (χ1) is 3.29. The predicted molar refractivity (Wildman–Crippen MR) is 32.9 cm³/mol. The van der Waals surface area contributed by atoms with Crippen LogP contribution >= 0.6 is 31.9 Å². The van der Waals surface area contributed by atoms with Crippen LogP contribution in [0.2, 0.25) is 0 Å². The fourth-order valence-electron chi connectivity index (χ4n) is 0.256. The molecule has 0 amide bonds. The zero-order valence-electron chi connectivity index (χ0n) is 3.24. The summed E-state index contributed by atoms with van der Waals surface area (Å²) in [6.07, 6.45) is 2.56. The van der Waals surface area contributed by atoms with Crippen molar-refractivity contribution >= 4 is 31.9 Å². The molecule has 7 heavy (non-hydrogen) atoms. The van der Waals surface area contributed by atoms with Gasteiger partial charge in [-0.3, -0.25) is 0 Å². The summed E-state index contributed by atoms with van der Waals surface area (Å²) >= 11 is 6.26. The molecule has 1 aromatic rings. The van der Waals surface area contributed by atoms with E-state index in [0.29, 0.717) is 4.67 Å². The smallest absolute Gasteiger partial charge is 0.186 e. The summed E-state index contributed by atoms with van der Waals surface area (Å²) < 4.78 is 6.24. The van der Waals surface area contributed by atoms with Crippen LogP contribution in [0.4, 0.5) is 0 Å². The van der Waals surface area contributed by atoms with E-state index in [1.807, 2.05) is 0 Å². The number of hydrogen-bond acceptors (Lipinski definition) is 1. The average Bonchev–Trinajstić information content (AvgIpc) is 1.87. The molecule has 0 aromatic carbocycles. The highest BCUT2D eigenvalue weighted by atomic mass is 79.9. The Morgan fingerprint density at radius 3 is 2.43 bits per heavy atom. The van der Waals surface area contributed by atoms with Gasteiger partial charge in [-0.1, -0.05) is 0 Å². The minimum absolute atomic E-state index is 0.694. The Bertz CT molecular complexity index is 142. The first-order valence-electron chi connectivity index (χ1n) is 1.61. The third-order valence-corrected chi connectivity index (χ3v) is 1.27. The van der Waals surface area contributed by atoms with Gasteiger partial charge in [-0.2, -0.15) is 0 Å². The van der Waals surface area contributed by atoms with Crippen molar-refractivity contribution in [2.75, 3.05) is 0 Å². The predicted octanol–water partition coefficient (Wildman–Crippen LogP) is 2.60. The summed E-state index contributed by atoms with van der Waals surface area (Å²) in [5, 5.41) is 0. The van der Waals surface area contributed by atoms with Gasteiger partial charge in [0, 0.05) is 6.07 Å². The van der Waals surface area contributed by atoms with E-state index in [1.165, 1.54) is 0 Å². The van der Waals surface area contributed by atoms with Crippen molar-refractivity contribution in [2.24, 2.45) is 0 Å². The molecule has 0 aliphatic heterocycles. The van der Waals surface area contributed by atoms with E-state index in [4.69, 9.17) is 4.42 Å². The van der Waals surface area contributed by atoms with Gasteiger partial charge >= 0.3 is 0 Å². The van der Waals surface area contributed by atoms with Gasteiger partial charge in [0.05, 0.1) is 4.47 Å². The Hall–Kier alpha value is 0.240. The van der Waals surface area contributed by atoms with Gasteiger partial charge in [0.1, 0.15) is 0 Å². The largest absolute Gasteiger partial charge is 0.445 e. The van der Waals surface area contributed by atoms with Crippen LogP contribution in [0.3, 0.4) is 0 Å². The number of furan rings is 1. The van der Waals surface area contributed by atoms with E-state index in [2.05, 4.69) is 38.1 Å². The van der Waals surface area contributed by atoms with Crippen molar-refractivity contribution in [3.63, 3.8) is 0 Å². The van der Waals surface area contributed by atoms with Crippen LogP contribution in [0.1, 0.15) is 0 Å². The Morgan fingerprint density at radius 1 is 1.57 bits per heavy atom. The summed E-state index contributed by atoms with van der Waals surface area (Å²) in [7, 11) is 0. The standard InChI is InChI=1S/C4HBr2O/c5-3-1-4(6)7-2-3/h1H. The number of hydrogen-bond donors (Lipinski definition) is 0. The lowest BCUT2D eigenvalue weighted by Crippen LogP contribution is -1.39. The molecule has 37 valence electrons. The molecule has 1 heterocycles. The maximum Gasteiger partial charge on any atom is 0.186 e. The van der Waals surface area contributed by atoms with Crippen LogP contribution in [0.15, 0.2) is 19.6 Å². The normalized spacial score (nSPS) is 9.43. The van der Waals surface area contributed by atoms with Crippen molar-refractivity contribution in [1.82, 2.24) is 0 Å². The summed E-state index contributed by atoms with van der Waals surface area (Å²) in [6.45, 7) is 0. The molecule has 0 N–H and O–H groups in total. The Balaban J connectivity index is 3.04. The van der Waals surface area contributed by atoms with Gasteiger partial charge in [0.25, 0.3) is 0 Å². The second-order valence-electron chi connectivity index (χ2n) is 1.00. The van der Waals surface area contributed by atoms with E-state index in [-0.39, 0.29) is 0 Å². The lowest BCUT2D eigenvalue weighted by Gasteiger charge is -1.65. The van der Waals surface area contributed by atoms with Crippen LogP contribution in [-0.4, -0.2) is 0 Å². The van der Waals surface area contributed by atoms with Gasteiger partial charge in [0.2, 0.25) is 0 Å². The zero-order chi connectivity index (χ0) is 5.28. The molecule has 1 radical (unpaired) electrons. The van der Waals surface area contributed by atoms with Crippen molar-refractivity contribution in [1.29, 1.82) is 0 Å². The second kappa shape index (κ2) is 2.01. The topological polar surface area (TPSA) is 13.1 Å². The van der Waals surface area contributed by atoms with Gasteiger partial charge in [0.15, 0.2) is 10.9 Å². The molecular formula is C4HBr2O. The summed E-state index contributed by atoms with van der Waals surface area (Å²) in [6, 6.07) is 1.78. The first-order valence-corrected chi connectivity index (χ1v) is 3.20. The van der Waals surface area contributed by atoms with E-state index in [1.54, 1.807) is 6.07 Å². The quantitative estimate of drug-likeness (QED) is 0.661. The summed E-state index contributed by atoms with van der Waals surface area (Å²) in [5.41, 5.74) is 0. The van der Waals surface area contributed by atoms with Crippen molar-refractivity contribution < 1.29 is 4.42 Å². The first kappa shape index (κ1) is 5.38. The molecule has 0 spiro atoms. The SMILES string of the molecule is Brc1[c]oc(Br)c1. The highest BCUT2D eigenvalue weighted by molar-refractivity contribution is 9.11. The van der Waals surface area contributed by atoms with Crippen LogP contribution in [0.5, 0.6) is 0 Å². The fourth-order valence-corrected chi connectivity index (χ4v) is 1.16. The number of rotatable bonds is 0. The van der Waals surface area contributed by atoms with Crippen molar-refractivity contribution in [3.8, 4) is 0 Å². The van der Waals surface area contributed by atoms with Crippen LogP contribution in [-0.2, 0) is 0 Å². The fraction of sp³-hybridized carbons (Fsp3) is 0. The molecular weight excluding hydrogens is 224 g/mol. The second-order valence-corrected chi connectivity index (χ2v) is 2.64. The molecule has 0 saturated carbocycles. The zero-order valence-corrected chi connectivity index (χ0v) is 6.41. The maximum atomic E-state index is 4.71. The molecule has 0 aliphatic carbocycles. The van der Waals surface area contributed by atoms with Crippen molar-refractivity contribution in [3.05, 3.63) is 21.5 Å². The van der Waals surface area contributed by atoms with E-state index >= 15 is 0 Å². The van der Waals surface area contributed by atoms with Gasteiger partial charge in [-0.15, -0.1) is 0 Å². The molecule has 0 fully saturated rings. The molecule has 0 atom stereocenters. The van der Waals surface area contributed by atoms with E-state index in [0.717, 1.165) is 4.47 Å². The monoisotopic (exact) mass is 223 g/mol. The molecule has 0 aliphatic rings. The Kier molecular flexibility index (Phi) is 1.54. The Morgan fingerprint density at radius 2 is 2.29 bits per heavy atom. The minimum atomic E-state index is 0.694. The summed E-state index contributed by atoms with van der Waals surface area (Å²) in [5.74, 6) is 0. The highest BCUT2D eigenvalue weighted by Gasteiger charge is 1.91. The summed E-state index contributed by atoms with van der Waals surface area (Å²) in [4.78, 5) is 0. The van der Waals surface area contributed by atoms with Gasteiger partial charge in [-0.25, -0.2) is 0 Å². The average molecular weight is 225 g/mol. The van der Waals surface area contributed by atoms with Crippen LogP contribution < -0.4 is 0 Å². The van der Waals surface area contributed by atoms with Crippen LogP contribution in [0.25, 0.3) is 0 Å². The third-order valence-electron chi connectivity index (χ3n) is 0.486. The lowest BCUT2D eigenvalue weighted by atomic mass is 10.7. The van der Waals surface area contributed by atoms with Crippen molar-refractivity contribution in [2.45, 2.75) is 0 Å². The van der Waals surface area contributed by atoms with Gasteiger partial charge < -0.3 is 4.42 Å². The molecule has 1 nitrogen and oxygen atoms in total. The highest BCUT2D eigenvalue weighted by Crippen LogP contribution is 2.17. The van der Waals surface area contributed by atoms with E-state index in [9.17, 15) is 0 Å². The molecule has 0 unspecified atom stereocenters. The van der Waals surface area contributed by atoms with Gasteiger partial charge in [-0.05, 0) is 31.9 Å². The Labute approximate surface area is 58.0 Å². The minimum Gasteiger partial charge on any atom is -0.445 e. The molecule has 0 saturated heterocycles. The van der Waals surface area contributed by atoms with Crippen LogP contribution in [0, 0.1) is 6.26 Å². The molecule has 1 rings (SSSR count). The number of halogens is 2. The third kappa shape index (κ3) is 1.31.